The van der Waals surface area contributed by atoms with E-state index >= 15 is 0 Å². The zero-order valence-electron chi connectivity index (χ0n) is 38.1. The molecule has 0 spiro atoms. The van der Waals surface area contributed by atoms with Crippen molar-refractivity contribution in [2.45, 2.75) is 160 Å². The summed E-state index contributed by atoms with van der Waals surface area (Å²) in [5, 5.41) is 9.07. The summed E-state index contributed by atoms with van der Waals surface area (Å²) in [7, 11) is 6.56. The fourth-order valence-electron chi connectivity index (χ4n) is 8.24. The third-order valence-corrected chi connectivity index (χ3v) is 11.9. The van der Waals surface area contributed by atoms with Crippen molar-refractivity contribution in [1.82, 2.24) is 40.4 Å². The highest BCUT2D eigenvalue weighted by atomic mass is 35.5. The summed E-state index contributed by atoms with van der Waals surface area (Å²) in [6.07, 6.45) is 11.6. The average molecular weight is 845 g/mol. The van der Waals surface area contributed by atoms with Gasteiger partial charge in [0.15, 0.2) is 0 Å². The van der Waals surface area contributed by atoms with Gasteiger partial charge >= 0.3 is 12.2 Å². The molecule has 3 saturated carbocycles. The fraction of sp³-hybridized carbons (Fsp3) is 0.930. The number of carbonyl (C=O) groups is 3. The number of Topliss-reactive ketones (excluding diaryl/α,β-unsaturated/α-hetero) is 1. The molecule has 58 heavy (non-hydrogen) atoms. The highest BCUT2D eigenvalue weighted by Crippen LogP contribution is 2.25. The van der Waals surface area contributed by atoms with Gasteiger partial charge in [-0.3, -0.25) is 14.6 Å². The molecule has 6 aliphatic rings. The Morgan fingerprint density at radius 2 is 0.914 bits per heavy atom. The molecule has 0 aromatic rings. The number of piperazine rings is 3. The zero-order chi connectivity index (χ0) is 42.0. The first-order chi connectivity index (χ1) is 26.8. The second kappa shape index (κ2) is 26.5. The summed E-state index contributed by atoms with van der Waals surface area (Å²) in [5.41, 5.74) is 5.04. The largest absolute Gasteiger partial charge is 0.444 e. The summed E-state index contributed by atoms with van der Waals surface area (Å²) in [6.45, 7) is 25.7. The van der Waals surface area contributed by atoms with E-state index in [1.54, 1.807) is 0 Å². The first-order valence-electron chi connectivity index (χ1n) is 22.4. The number of amides is 2. The minimum Gasteiger partial charge on any atom is -0.444 e. The van der Waals surface area contributed by atoms with Gasteiger partial charge in [-0.1, -0.05) is 0 Å². The Balaban J connectivity index is 0.000000280. The van der Waals surface area contributed by atoms with Crippen LogP contribution in [-0.4, -0.2) is 184 Å². The van der Waals surface area contributed by atoms with Gasteiger partial charge in [-0.25, -0.2) is 9.59 Å². The van der Waals surface area contributed by atoms with E-state index in [0.29, 0.717) is 24.9 Å². The van der Waals surface area contributed by atoms with Crippen LogP contribution in [0.15, 0.2) is 0 Å². The smallest absolute Gasteiger partial charge is 0.407 e. The highest BCUT2D eigenvalue weighted by Gasteiger charge is 2.30. The number of likely N-dealkylation sites (N-methyl/N-ethyl adjacent to an activating group) is 3. The summed E-state index contributed by atoms with van der Waals surface area (Å²) >= 11 is 0. The van der Waals surface area contributed by atoms with Gasteiger partial charge in [-0.2, -0.15) is 0 Å². The Hall–Kier alpha value is -1.78. The normalized spacial score (nSPS) is 27.4. The van der Waals surface area contributed by atoms with Crippen molar-refractivity contribution in [2.75, 3.05) is 99.7 Å². The van der Waals surface area contributed by atoms with Gasteiger partial charge < -0.3 is 45.9 Å². The number of nitrogens with zero attached hydrogens (tertiary/aromatic N) is 5. The van der Waals surface area contributed by atoms with Gasteiger partial charge in [0.25, 0.3) is 0 Å². The molecular weight excluding hydrogens is 758 g/mol. The number of nitrogens with one attached hydrogen (secondary N) is 3. The second-order valence-electron chi connectivity index (χ2n) is 19.4. The van der Waals surface area contributed by atoms with Crippen molar-refractivity contribution in [3.05, 3.63) is 0 Å². The van der Waals surface area contributed by atoms with Gasteiger partial charge in [0.1, 0.15) is 17.0 Å². The number of halogens is 1. The van der Waals surface area contributed by atoms with Crippen LogP contribution in [0.2, 0.25) is 0 Å². The molecule has 0 unspecified atom stereocenters. The van der Waals surface area contributed by atoms with Gasteiger partial charge in [0.2, 0.25) is 0 Å². The molecule has 0 atom stereocenters. The zero-order valence-corrected chi connectivity index (χ0v) is 38.9. The standard InChI is InChI=1S/C16H31N3O2.C11H23N3.C11H19NO3.C5H12N2.ClH/c1-16(2,3)21-15(20)17-13-5-7-14(8-6-13)19-11-9-18(4)10-12-19;1-13-6-8-14(9-7-13)11-4-2-10(12)3-5-11;1-11(2,3)15-10(14)12-8-4-6-9(13)7-5-8;1-7-4-2-6-3-5-7;/h13-14H,5-12H2,1-4H3,(H,17,20);10-11H,2-9,12H2,1H3;8H,4-7H2,1-3H3,(H,12,14);6H,2-5H2,1H3;1H. The van der Waals surface area contributed by atoms with Crippen LogP contribution in [0.5, 0.6) is 0 Å². The molecule has 0 aromatic heterocycles. The number of rotatable bonds is 4. The highest BCUT2D eigenvalue weighted by molar-refractivity contribution is 5.85. The number of ketones is 1. The number of alkyl carbamates (subject to hydrolysis) is 2. The van der Waals surface area contributed by atoms with Crippen molar-refractivity contribution < 1.29 is 23.9 Å². The molecule has 15 heteroatoms. The molecule has 3 saturated heterocycles. The first-order valence-corrected chi connectivity index (χ1v) is 22.4. The Bertz CT molecular complexity index is 1120. The maximum absolute atomic E-state index is 11.8. The number of nitrogens with two attached hydrogens (primary N) is 1. The molecule has 5 N–H and O–H groups in total. The second-order valence-corrected chi connectivity index (χ2v) is 19.4. The Labute approximate surface area is 359 Å². The topological polar surface area (TPSA) is 148 Å². The Morgan fingerprint density at radius 3 is 1.26 bits per heavy atom. The molecule has 0 aromatic carbocycles. The molecule has 3 heterocycles. The van der Waals surface area contributed by atoms with Crippen LogP contribution in [0.4, 0.5) is 9.59 Å². The van der Waals surface area contributed by atoms with E-state index < -0.39 is 11.2 Å². The predicted octanol–water partition coefficient (Wildman–Crippen LogP) is 4.54. The van der Waals surface area contributed by atoms with Crippen LogP contribution in [-0.2, 0) is 14.3 Å². The molecular formula is C43H86ClN9O5. The monoisotopic (exact) mass is 844 g/mol. The first kappa shape index (κ1) is 52.4. The quantitative estimate of drug-likeness (QED) is 0.315. The molecule has 0 radical (unpaired) electrons. The maximum atomic E-state index is 11.8. The Kier molecular flexibility index (Phi) is 24.0. The average Bonchev–Trinajstić information content (AvgIpc) is 3.14. The van der Waals surface area contributed by atoms with Gasteiger partial charge in [0, 0.05) is 122 Å². The number of ether oxygens (including phenoxy) is 2. The van der Waals surface area contributed by atoms with Crippen molar-refractivity contribution in [3.8, 4) is 0 Å². The van der Waals surface area contributed by atoms with E-state index in [4.69, 9.17) is 15.2 Å². The van der Waals surface area contributed by atoms with E-state index in [2.05, 4.69) is 61.6 Å². The van der Waals surface area contributed by atoms with Crippen molar-refractivity contribution in [1.29, 1.82) is 0 Å². The summed E-state index contributed by atoms with van der Waals surface area (Å²) in [5.74, 6) is 0.289. The summed E-state index contributed by atoms with van der Waals surface area (Å²) < 4.78 is 10.5. The lowest BCUT2D eigenvalue weighted by Gasteiger charge is -2.41. The minimum absolute atomic E-state index is 0. The Morgan fingerprint density at radius 1 is 0.569 bits per heavy atom. The SMILES string of the molecule is CC(C)(C)OC(=O)NC1CCC(=O)CC1.CN1CCN(C2CCC(N)CC2)CC1.CN1CCN(C2CCC(NC(=O)OC(C)(C)C)CC2)CC1.CN1CCNCC1.Cl. The van der Waals surface area contributed by atoms with Crippen LogP contribution >= 0.6 is 12.4 Å². The van der Waals surface area contributed by atoms with Gasteiger partial charge in [-0.15, -0.1) is 12.4 Å². The molecule has 6 rings (SSSR count). The van der Waals surface area contributed by atoms with E-state index in [0.717, 1.165) is 44.8 Å². The van der Waals surface area contributed by atoms with Crippen LogP contribution in [0.1, 0.15) is 119 Å². The minimum atomic E-state index is -0.464. The lowest BCUT2D eigenvalue weighted by Crippen LogP contribution is -2.51. The van der Waals surface area contributed by atoms with E-state index in [1.807, 2.05) is 41.5 Å². The van der Waals surface area contributed by atoms with Crippen LogP contribution in [0.3, 0.4) is 0 Å². The van der Waals surface area contributed by atoms with E-state index in [-0.39, 0.29) is 42.5 Å². The fourth-order valence-corrected chi connectivity index (χ4v) is 8.24. The third kappa shape index (κ3) is 22.7. The molecule has 3 aliphatic heterocycles. The predicted molar refractivity (Wildman–Crippen MR) is 238 cm³/mol. The number of carbonyl (C=O) groups excluding carboxylic acids is 3. The van der Waals surface area contributed by atoms with Gasteiger partial charge in [-0.05, 0) is 127 Å². The van der Waals surface area contributed by atoms with Crippen molar-refractivity contribution >= 4 is 30.4 Å². The van der Waals surface area contributed by atoms with E-state index in [1.165, 1.54) is 104 Å². The van der Waals surface area contributed by atoms with Crippen LogP contribution < -0.4 is 21.7 Å². The van der Waals surface area contributed by atoms with Crippen LogP contribution in [0, 0.1) is 0 Å². The number of hydrogen-bond donors (Lipinski definition) is 4. The molecule has 3 aliphatic carbocycles. The molecule has 14 nitrogen and oxygen atoms in total. The summed E-state index contributed by atoms with van der Waals surface area (Å²) in [4.78, 5) is 46.6. The summed E-state index contributed by atoms with van der Waals surface area (Å²) in [6, 6.07) is 2.40. The third-order valence-electron chi connectivity index (χ3n) is 11.9. The van der Waals surface area contributed by atoms with Crippen LogP contribution in [0.25, 0.3) is 0 Å². The molecule has 0 bridgehead atoms. The van der Waals surface area contributed by atoms with E-state index in [9.17, 15) is 14.4 Å². The molecule has 6 fully saturated rings. The van der Waals surface area contributed by atoms with Crippen molar-refractivity contribution in [3.63, 3.8) is 0 Å². The maximum Gasteiger partial charge on any atom is 0.407 e. The molecule has 340 valence electrons. The number of hydrogen-bond acceptors (Lipinski definition) is 12. The van der Waals surface area contributed by atoms with Gasteiger partial charge in [0.05, 0.1) is 0 Å². The lowest BCUT2D eigenvalue weighted by atomic mass is 9.90. The lowest BCUT2D eigenvalue weighted by molar-refractivity contribution is -0.120. The van der Waals surface area contributed by atoms with Crippen molar-refractivity contribution in [2.24, 2.45) is 5.73 Å². The molecule has 2 amide bonds.